The fourth-order valence-corrected chi connectivity index (χ4v) is 2.48. The van der Waals surface area contributed by atoms with E-state index in [1.54, 1.807) is 26.0 Å². The molecule has 5 heteroatoms. The monoisotopic (exact) mass is 263 g/mol. The van der Waals surface area contributed by atoms with Crippen LogP contribution in [0.15, 0.2) is 22.6 Å². The van der Waals surface area contributed by atoms with Crippen LogP contribution in [0.4, 0.5) is 4.39 Å². The standard InChI is InChI=1S/C14H14FNO3/c1-8-9-4-3-5-10(15)12(9)19-11(8)13(17)16-6-14(2,18)7-16/h3-5,18H,6-7H2,1-2H3. The molecule has 1 N–H and O–H groups in total. The van der Waals surface area contributed by atoms with Crippen LogP contribution in [0.1, 0.15) is 23.0 Å². The van der Waals surface area contributed by atoms with Crippen molar-refractivity contribution in [3.05, 3.63) is 35.3 Å². The molecule has 3 rings (SSSR count). The van der Waals surface area contributed by atoms with Crippen molar-refractivity contribution in [2.45, 2.75) is 19.4 Å². The molecular formula is C14H14FNO3. The molecule has 4 nitrogen and oxygen atoms in total. The summed E-state index contributed by atoms with van der Waals surface area (Å²) in [5.41, 5.74) is -0.0948. The van der Waals surface area contributed by atoms with Crippen molar-refractivity contribution >= 4 is 16.9 Å². The molecule has 0 spiro atoms. The lowest BCUT2D eigenvalue weighted by Crippen LogP contribution is -2.61. The van der Waals surface area contributed by atoms with E-state index in [0.29, 0.717) is 10.9 Å². The average Bonchev–Trinajstić information content (AvgIpc) is 2.65. The van der Waals surface area contributed by atoms with Gasteiger partial charge in [0.2, 0.25) is 0 Å². The summed E-state index contributed by atoms with van der Waals surface area (Å²) < 4.78 is 19.0. The Hall–Kier alpha value is -1.88. The smallest absolute Gasteiger partial charge is 0.290 e. The zero-order chi connectivity index (χ0) is 13.8. The number of furan rings is 1. The second-order valence-electron chi connectivity index (χ2n) is 5.33. The highest BCUT2D eigenvalue weighted by atomic mass is 19.1. The van der Waals surface area contributed by atoms with Crippen molar-refractivity contribution in [1.29, 1.82) is 0 Å². The van der Waals surface area contributed by atoms with E-state index in [2.05, 4.69) is 0 Å². The largest absolute Gasteiger partial charge is 0.448 e. The van der Waals surface area contributed by atoms with Gasteiger partial charge >= 0.3 is 0 Å². The van der Waals surface area contributed by atoms with Crippen molar-refractivity contribution in [1.82, 2.24) is 4.90 Å². The molecule has 19 heavy (non-hydrogen) atoms. The van der Waals surface area contributed by atoms with E-state index >= 15 is 0 Å². The van der Waals surface area contributed by atoms with Crippen LogP contribution in [0.25, 0.3) is 11.0 Å². The molecule has 1 amide bonds. The third kappa shape index (κ3) is 1.81. The van der Waals surface area contributed by atoms with E-state index in [-0.39, 0.29) is 30.3 Å². The molecular weight excluding hydrogens is 249 g/mol. The van der Waals surface area contributed by atoms with Crippen LogP contribution in [-0.4, -0.2) is 34.6 Å². The van der Waals surface area contributed by atoms with Gasteiger partial charge in [-0.2, -0.15) is 0 Å². The van der Waals surface area contributed by atoms with Gasteiger partial charge in [0.25, 0.3) is 5.91 Å². The topological polar surface area (TPSA) is 53.7 Å². The van der Waals surface area contributed by atoms with E-state index < -0.39 is 11.4 Å². The predicted octanol–water partition coefficient (Wildman–Crippen LogP) is 2.09. The number of amides is 1. The van der Waals surface area contributed by atoms with Crippen LogP contribution < -0.4 is 0 Å². The fourth-order valence-electron chi connectivity index (χ4n) is 2.48. The molecule has 1 aromatic carbocycles. The summed E-state index contributed by atoms with van der Waals surface area (Å²) in [5, 5.41) is 10.3. The number of aryl methyl sites for hydroxylation is 1. The average molecular weight is 263 g/mol. The number of aliphatic hydroxyl groups is 1. The Morgan fingerprint density at radius 3 is 2.74 bits per heavy atom. The second kappa shape index (κ2) is 3.81. The number of carbonyl (C=O) groups excluding carboxylic acids is 1. The molecule has 0 radical (unpaired) electrons. The highest BCUT2D eigenvalue weighted by Crippen LogP contribution is 2.30. The van der Waals surface area contributed by atoms with Crippen molar-refractivity contribution < 1.29 is 18.7 Å². The highest BCUT2D eigenvalue weighted by Gasteiger charge is 2.41. The maximum absolute atomic E-state index is 13.6. The Kier molecular flexibility index (Phi) is 2.44. The summed E-state index contributed by atoms with van der Waals surface area (Å²) in [7, 11) is 0. The normalized spacial score (nSPS) is 17.6. The third-order valence-electron chi connectivity index (χ3n) is 3.46. The number of rotatable bonds is 1. The van der Waals surface area contributed by atoms with Crippen molar-refractivity contribution in [2.24, 2.45) is 0 Å². The SMILES string of the molecule is Cc1c(C(=O)N2CC(C)(O)C2)oc2c(F)cccc12. The lowest BCUT2D eigenvalue weighted by Gasteiger charge is -2.43. The first-order chi connectivity index (χ1) is 8.89. The number of benzene rings is 1. The van der Waals surface area contributed by atoms with Gasteiger partial charge in [-0.25, -0.2) is 4.39 Å². The number of fused-ring (bicyclic) bond motifs is 1. The second-order valence-corrected chi connectivity index (χ2v) is 5.33. The number of likely N-dealkylation sites (tertiary alicyclic amines) is 1. The Morgan fingerprint density at radius 2 is 2.16 bits per heavy atom. The molecule has 1 aliphatic heterocycles. The van der Waals surface area contributed by atoms with Crippen molar-refractivity contribution in [3.8, 4) is 0 Å². The summed E-state index contributed by atoms with van der Waals surface area (Å²) >= 11 is 0. The number of para-hydroxylation sites is 1. The lowest BCUT2D eigenvalue weighted by atomic mass is 9.96. The minimum absolute atomic E-state index is 0.107. The van der Waals surface area contributed by atoms with Crippen LogP contribution >= 0.6 is 0 Å². The first-order valence-corrected chi connectivity index (χ1v) is 6.08. The molecule has 100 valence electrons. The molecule has 1 fully saturated rings. The first-order valence-electron chi connectivity index (χ1n) is 6.08. The van der Waals surface area contributed by atoms with Gasteiger partial charge in [-0.05, 0) is 19.9 Å². The van der Waals surface area contributed by atoms with Gasteiger partial charge in [0, 0.05) is 10.9 Å². The van der Waals surface area contributed by atoms with Crippen LogP contribution in [0.5, 0.6) is 0 Å². The number of hydrogen-bond donors (Lipinski definition) is 1. The number of nitrogens with zero attached hydrogens (tertiary/aromatic N) is 1. The summed E-state index contributed by atoms with van der Waals surface area (Å²) in [5.74, 6) is -0.634. The number of carbonyl (C=O) groups is 1. The number of β-amino-alcohol motifs (C(OH)–C–C–N with tert-alkyl or cyclic N) is 1. The Balaban J connectivity index is 2.00. The number of halogens is 1. The molecule has 1 aliphatic rings. The maximum atomic E-state index is 13.6. The van der Waals surface area contributed by atoms with Crippen molar-refractivity contribution in [3.63, 3.8) is 0 Å². The van der Waals surface area contributed by atoms with Gasteiger partial charge in [0.15, 0.2) is 17.2 Å². The molecule has 0 saturated carbocycles. The summed E-state index contributed by atoms with van der Waals surface area (Å²) in [4.78, 5) is 13.7. The van der Waals surface area contributed by atoms with Gasteiger partial charge in [-0.15, -0.1) is 0 Å². The van der Waals surface area contributed by atoms with Crippen LogP contribution in [0.3, 0.4) is 0 Å². The van der Waals surface area contributed by atoms with Gasteiger partial charge in [-0.1, -0.05) is 12.1 Å². The van der Waals surface area contributed by atoms with Crippen LogP contribution in [0.2, 0.25) is 0 Å². The fraction of sp³-hybridized carbons (Fsp3) is 0.357. The lowest BCUT2D eigenvalue weighted by molar-refractivity contribution is -0.0677. The summed E-state index contributed by atoms with van der Waals surface area (Å²) in [6, 6.07) is 4.61. The number of hydrogen-bond acceptors (Lipinski definition) is 3. The minimum Gasteiger partial charge on any atom is -0.448 e. The van der Waals surface area contributed by atoms with Crippen LogP contribution in [-0.2, 0) is 0 Å². The summed E-state index contributed by atoms with van der Waals surface area (Å²) in [6.45, 7) is 3.94. The van der Waals surface area contributed by atoms with E-state index in [1.807, 2.05) is 0 Å². The van der Waals surface area contributed by atoms with E-state index in [9.17, 15) is 14.3 Å². The molecule has 1 aromatic heterocycles. The molecule has 0 bridgehead atoms. The Morgan fingerprint density at radius 1 is 1.47 bits per heavy atom. The molecule has 0 aliphatic carbocycles. The van der Waals surface area contributed by atoms with Crippen molar-refractivity contribution in [2.75, 3.05) is 13.1 Å². The van der Waals surface area contributed by atoms with Gasteiger partial charge in [0.05, 0.1) is 18.7 Å². The van der Waals surface area contributed by atoms with E-state index in [0.717, 1.165) is 0 Å². The summed E-state index contributed by atoms with van der Waals surface area (Å²) in [6.07, 6.45) is 0. The molecule has 1 saturated heterocycles. The minimum atomic E-state index is -0.833. The van der Waals surface area contributed by atoms with Gasteiger partial charge in [0.1, 0.15) is 0 Å². The van der Waals surface area contributed by atoms with Gasteiger partial charge < -0.3 is 14.4 Å². The Labute approximate surface area is 109 Å². The maximum Gasteiger partial charge on any atom is 0.290 e. The zero-order valence-corrected chi connectivity index (χ0v) is 10.7. The molecule has 2 aromatic rings. The van der Waals surface area contributed by atoms with Gasteiger partial charge in [-0.3, -0.25) is 4.79 Å². The van der Waals surface area contributed by atoms with E-state index in [1.165, 1.54) is 11.0 Å². The highest BCUT2D eigenvalue weighted by molar-refractivity contribution is 5.99. The quantitative estimate of drug-likeness (QED) is 0.857. The Bertz CT molecular complexity index is 667. The first kappa shape index (κ1) is 12.2. The molecule has 0 unspecified atom stereocenters. The zero-order valence-electron chi connectivity index (χ0n) is 10.7. The van der Waals surface area contributed by atoms with E-state index in [4.69, 9.17) is 4.42 Å². The molecule has 2 heterocycles. The molecule has 0 atom stereocenters. The third-order valence-corrected chi connectivity index (χ3v) is 3.46. The predicted molar refractivity (Wildman–Crippen MR) is 67.4 cm³/mol. The van der Waals surface area contributed by atoms with Crippen LogP contribution in [0, 0.1) is 12.7 Å².